The van der Waals surface area contributed by atoms with Gasteiger partial charge in [-0.1, -0.05) is 40.0 Å². The first-order valence-electron chi connectivity index (χ1n) is 4.97. The molecule has 0 saturated heterocycles. The Kier molecular flexibility index (Phi) is 6.63. The van der Waals surface area contributed by atoms with Gasteiger partial charge in [-0.25, -0.2) is 0 Å². The predicted octanol–water partition coefficient (Wildman–Crippen LogP) is 2.81. The molecule has 0 amide bonds. The molecule has 1 nitrogen and oxygen atoms in total. The van der Waals surface area contributed by atoms with Crippen molar-refractivity contribution < 1.29 is 0 Å². The summed E-state index contributed by atoms with van der Waals surface area (Å²) in [5.74, 6) is 0.875. The Balaban J connectivity index is 3.76. The highest BCUT2D eigenvalue weighted by molar-refractivity contribution is 4.72. The van der Waals surface area contributed by atoms with Crippen LogP contribution in [0.25, 0.3) is 0 Å². The van der Waals surface area contributed by atoms with E-state index in [4.69, 9.17) is 0 Å². The highest BCUT2D eigenvalue weighted by Gasteiger charge is 2.14. The van der Waals surface area contributed by atoms with Crippen LogP contribution in [0.4, 0.5) is 0 Å². The Morgan fingerprint density at radius 3 is 1.91 bits per heavy atom. The van der Waals surface area contributed by atoms with Crippen LogP contribution in [0.1, 0.15) is 46.5 Å². The molecular weight excluding hydrogens is 134 g/mol. The first-order chi connectivity index (χ1) is 5.29. The molecule has 1 N–H and O–H groups in total. The lowest BCUT2D eigenvalue weighted by atomic mass is 9.91. The van der Waals surface area contributed by atoms with Gasteiger partial charge in [0.15, 0.2) is 0 Å². The zero-order valence-electron chi connectivity index (χ0n) is 8.48. The minimum absolute atomic E-state index is 0.745. The fourth-order valence-electron chi connectivity index (χ4n) is 1.78. The maximum Gasteiger partial charge on any atom is 0.00920 e. The topological polar surface area (TPSA) is 12.0 Å². The molecule has 0 spiro atoms. The maximum absolute atomic E-state index is 3.40. The molecule has 0 saturated carbocycles. The molecule has 0 bridgehead atoms. The molecular formula is C10H23N. The van der Waals surface area contributed by atoms with Crippen LogP contribution >= 0.6 is 0 Å². The third-order valence-electron chi connectivity index (χ3n) is 2.59. The molecule has 0 rings (SSSR count). The van der Waals surface area contributed by atoms with Gasteiger partial charge in [0.05, 0.1) is 0 Å². The average molecular weight is 157 g/mol. The van der Waals surface area contributed by atoms with Crippen molar-refractivity contribution in [1.29, 1.82) is 0 Å². The van der Waals surface area contributed by atoms with E-state index in [1.54, 1.807) is 0 Å². The third-order valence-corrected chi connectivity index (χ3v) is 2.59. The minimum atomic E-state index is 0.745. The van der Waals surface area contributed by atoms with Gasteiger partial charge in [-0.3, -0.25) is 0 Å². The summed E-state index contributed by atoms with van der Waals surface area (Å²) in [6, 6.07) is 0.745. The Hall–Kier alpha value is -0.0400. The normalized spacial score (nSPS) is 13.9. The van der Waals surface area contributed by atoms with E-state index in [2.05, 4.69) is 33.1 Å². The molecule has 0 aromatic rings. The smallest absolute Gasteiger partial charge is 0.00920 e. The van der Waals surface area contributed by atoms with Crippen molar-refractivity contribution in [3.8, 4) is 0 Å². The van der Waals surface area contributed by atoms with Gasteiger partial charge in [-0.05, 0) is 19.4 Å². The molecule has 0 fully saturated rings. The number of hydrogen-bond donors (Lipinski definition) is 1. The summed E-state index contributed by atoms with van der Waals surface area (Å²) in [7, 11) is 2.08. The quantitative estimate of drug-likeness (QED) is 0.625. The van der Waals surface area contributed by atoms with Gasteiger partial charge in [0, 0.05) is 6.04 Å². The zero-order chi connectivity index (χ0) is 8.69. The largest absolute Gasteiger partial charge is 0.317 e. The van der Waals surface area contributed by atoms with Crippen LogP contribution in [0.3, 0.4) is 0 Å². The summed E-state index contributed by atoms with van der Waals surface area (Å²) >= 11 is 0. The number of hydrogen-bond acceptors (Lipinski definition) is 1. The lowest BCUT2D eigenvalue weighted by Gasteiger charge is -2.24. The van der Waals surface area contributed by atoms with Crippen molar-refractivity contribution >= 4 is 0 Å². The second kappa shape index (κ2) is 6.66. The summed E-state index contributed by atoms with van der Waals surface area (Å²) in [4.78, 5) is 0. The van der Waals surface area contributed by atoms with E-state index in [0.29, 0.717) is 0 Å². The van der Waals surface area contributed by atoms with Gasteiger partial charge in [-0.2, -0.15) is 0 Å². The molecule has 1 atom stereocenters. The molecule has 11 heavy (non-hydrogen) atoms. The van der Waals surface area contributed by atoms with Crippen molar-refractivity contribution in [1.82, 2.24) is 5.32 Å². The van der Waals surface area contributed by atoms with Gasteiger partial charge in [-0.15, -0.1) is 0 Å². The highest BCUT2D eigenvalue weighted by atomic mass is 14.9. The lowest BCUT2D eigenvalue weighted by molar-refractivity contribution is 0.332. The first kappa shape index (κ1) is 11.0. The van der Waals surface area contributed by atoms with Crippen LogP contribution in [0.15, 0.2) is 0 Å². The molecule has 0 radical (unpaired) electrons. The Morgan fingerprint density at radius 1 is 1.09 bits per heavy atom. The van der Waals surface area contributed by atoms with Gasteiger partial charge < -0.3 is 5.32 Å². The number of rotatable bonds is 6. The molecule has 0 aromatic heterocycles. The van der Waals surface area contributed by atoms with Crippen molar-refractivity contribution in [3.05, 3.63) is 0 Å². The summed E-state index contributed by atoms with van der Waals surface area (Å²) in [6.07, 6.45) is 5.23. The third kappa shape index (κ3) is 3.76. The van der Waals surface area contributed by atoms with E-state index < -0.39 is 0 Å². The van der Waals surface area contributed by atoms with Crippen LogP contribution in [0, 0.1) is 5.92 Å². The summed E-state index contributed by atoms with van der Waals surface area (Å²) < 4.78 is 0. The lowest BCUT2D eigenvalue weighted by Crippen LogP contribution is -2.32. The van der Waals surface area contributed by atoms with E-state index in [0.717, 1.165) is 12.0 Å². The van der Waals surface area contributed by atoms with Crippen molar-refractivity contribution in [3.63, 3.8) is 0 Å². The molecule has 0 heterocycles. The standard InChI is InChI=1S/C10H23N/c1-5-8-10(11-4)9(6-2)7-3/h9-11H,5-8H2,1-4H3. The molecule has 0 aliphatic heterocycles. The van der Waals surface area contributed by atoms with Crippen LogP contribution < -0.4 is 5.32 Å². The monoisotopic (exact) mass is 157 g/mol. The second-order valence-corrected chi connectivity index (χ2v) is 3.26. The molecule has 0 aromatic carbocycles. The fourth-order valence-corrected chi connectivity index (χ4v) is 1.78. The maximum atomic E-state index is 3.40. The highest BCUT2D eigenvalue weighted by Crippen LogP contribution is 2.16. The van der Waals surface area contributed by atoms with Crippen LogP contribution in [0.2, 0.25) is 0 Å². The van der Waals surface area contributed by atoms with E-state index in [9.17, 15) is 0 Å². The van der Waals surface area contributed by atoms with Crippen LogP contribution in [0.5, 0.6) is 0 Å². The predicted molar refractivity (Wildman–Crippen MR) is 51.8 cm³/mol. The van der Waals surface area contributed by atoms with Gasteiger partial charge >= 0.3 is 0 Å². The fraction of sp³-hybridized carbons (Fsp3) is 1.00. The summed E-state index contributed by atoms with van der Waals surface area (Å²) in [6.45, 7) is 6.83. The van der Waals surface area contributed by atoms with E-state index >= 15 is 0 Å². The van der Waals surface area contributed by atoms with Gasteiger partial charge in [0.1, 0.15) is 0 Å². The van der Waals surface area contributed by atoms with E-state index in [1.807, 2.05) is 0 Å². The molecule has 0 aliphatic carbocycles. The minimum Gasteiger partial charge on any atom is -0.317 e. The van der Waals surface area contributed by atoms with E-state index in [1.165, 1.54) is 25.7 Å². The first-order valence-corrected chi connectivity index (χ1v) is 4.97. The van der Waals surface area contributed by atoms with Crippen molar-refractivity contribution in [2.45, 2.75) is 52.5 Å². The number of nitrogens with one attached hydrogen (secondary N) is 1. The van der Waals surface area contributed by atoms with Crippen molar-refractivity contribution in [2.24, 2.45) is 5.92 Å². The summed E-state index contributed by atoms with van der Waals surface area (Å²) in [5.41, 5.74) is 0. The summed E-state index contributed by atoms with van der Waals surface area (Å²) in [5, 5.41) is 3.40. The molecule has 68 valence electrons. The van der Waals surface area contributed by atoms with Crippen molar-refractivity contribution in [2.75, 3.05) is 7.05 Å². The SMILES string of the molecule is CCCC(NC)C(CC)CC. The van der Waals surface area contributed by atoms with Crippen LogP contribution in [-0.2, 0) is 0 Å². The molecule has 1 heteroatoms. The average Bonchev–Trinajstić information content (AvgIpc) is 2.05. The molecule has 0 aliphatic rings. The van der Waals surface area contributed by atoms with Gasteiger partial charge in [0.2, 0.25) is 0 Å². The Morgan fingerprint density at radius 2 is 1.64 bits per heavy atom. The van der Waals surface area contributed by atoms with Crippen LogP contribution in [-0.4, -0.2) is 13.1 Å². The zero-order valence-corrected chi connectivity index (χ0v) is 8.48. The second-order valence-electron chi connectivity index (χ2n) is 3.26. The molecule has 1 unspecified atom stereocenters. The van der Waals surface area contributed by atoms with Gasteiger partial charge in [0.25, 0.3) is 0 Å². The Bertz CT molecular complexity index is 76.9. The van der Waals surface area contributed by atoms with E-state index in [-0.39, 0.29) is 0 Å². The Labute approximate surface area is 71.6 Å².